The van der Waals surface area contributed by atoms with Gasteiger partial charge in [0.2, 0.25) is 5.91 Å². The van der Waals surface area contributed by atoms with Crippen molar-refractivity contribution in [1.29, 1.82) is 0 Å². The zero-order valence-electron chi connectivity index (χ0n) is 13.4. The smallest absolute Gasteiger partial charge is 0.232 e. The van der Waals surface area contributed by atoms with E-state index in [0.717, 1.165) is 18.4 Å². The van der Waals surface area contributed by atoms with Crippen LogP contribution >= 0.6 is 12.2 Å². The molecule has 23 heavy (non-hydrogen) atoms. The third-order valence-electron chi connectivity index (χ3n) is 4.56. The molecule has 3 nitrogen and oxygen atoms in total. The summed E-state index contributed by atoms with van der Waals surface area (Å²) >= 11 is 5.12. The number of carbonyl (C=O) groups excluding carboxylic acids is 1. The fourth-order valence-electron chi connectivity index (χ4n) is 2.92. The lowest BCUT2D eigenvalue weighted by Gasteiger charge is -2.26. The van der Waals surface area contributed by atoms with Gasteiger partial charge in [0.25, 0.3) is 0 Å². The van der Waals surface area contributed by atoms with Gasteiger partial charge in [-0.1, -0.05) is 31.9 Å². The number of rotatable bonds is 4. The molecule has 0 bridgehead atoms. The fraction of sp³-hybridized carbons (Fsp3) is 0.529. The maximum Gasteiger partial charge on any atom is 0.232 e. The molecule has 0 spiro atoms. The molecule has 1 saturated carbocycles. The normalized spacial score (nSPS) is 19.0. The van der Waals surface area contributed by atoms with Gasteiger partial charge in [-0.05, 0) is 49.7 Å². The fourth-order valence-corrected chi connectivity index (χ4v) is 3.20. The van der Waals surface area contributed by atoms with Crippen LogP contribution in [0.5, 0.6) is 0 Å². The van der Waals surface area contributed by atoms with Gasteiger partial charge in [-0.15, -0.1) is 0 Å². The highest BCUT2D eigenvalue weighted by atomic mass is 32.1. The number of alkyl halides is 1. The number of halogens is 2. The Morgan fingerprint density at radius 2 is 1.78 bits per heavy atom. The number of hydrogen-bond donors (Lipinski definition) is 2. The van der Waals surface area contributed by atoms with Gasteiger partial charge >= 0.3 is 0 Å². The Bertz CT molecular complexity index is 570. The van der Waals surface area contributed by atoms with Crippen LogP contribution in [0, 0.1) is 11.7 Å². The monoisotopic (exact) mass is 340 g/mol. The Labute approximate surface area is 140 Å². The van der Waals surface area contributed by atoms with Crippen LogP contribution in [0.15, 0.2) is 24.3 Å². The topological polar surface area (TPSA) is 41.1 Å². The molecule has 1 aromatic carbocycles. The molecule has 1 aromatic rings. The maximum absolute atomic E-state index is 14.6. The Morgan fingerprint density at radius 1 is 1.22 bits per heavy atom. The summed E-state index contributed by atoms with van der Waals surface area (Å²) in [5.74, 6) is -1.44. The van der Waals surface area contributed by atoms with Gasteiger partial charge in [-0.2, -0.15) is 0 Å². The predicted molar refractivity (Wildman–Crippen MR) is 90.2 cm³/mol. The second kappa shape index (κ2) is 7.34. The first-order valence-electron chi connectivity index (χ1n) is 7.87. The van der Waals surface area contributed by atoms with Gasteiger partial charge in [-0.3, -0.25) is 4.79 Å². The molecule has 0 aliphatic heterocycles. The standard InChI is InChI=1S/C17H22F2N2OS/c1-11(17(19)9-3-4-10-17)15(22)21-16(23)20-12(2)13-5-7-14(18)8-6-13/h5-8,11-12H,3-4,9-10H2,1-2H3,(H2,20,21,22,23)/t11?,12-/m0/s1. The van der Waals surface area contributed by atoms with Crippen molar-refractivity contribution < 1.29 is 13.6 Å². The number of nitrogens with one attached hydrogen (secondary N) is 2. The van der Waals surface area contributed by atoms with E-state index >= 15 is 0 Å². The molecular formula is C17H22F2N2OS. The SMILES string of the molecule is CC(C(=O)NC(=S)N[C@@H](C)c1ccc(F)cc1)C1(F)CCCC1. The third-order valence-corrected chi connectivity index (χ3v) is 4.78. The first-order valence-corrected chi connectivity index (χ1v) is 8.28. The van der Waals surface area contributed by atoms with E-state index in [1.807, 2.05) is 6.92 Å². The minimum absolute atomic E-state index is 0.153. The minimum Gasteiger partial charge on any atom is -0.356 e. The van der Waals surface area contributed by atoms with Crippen LogP contribution in [0.3, 0.4) is 0 Å². The van der Waals surface area contributed by atoms with Crippen molar-refractivity contribution in [2.45, 2.75) is 51.2 Å². The van der Waals surface area contributed by atoms with Gasteiger partial charge < -0.3 is 10.6 Å². The van der Waals surface area contributed by atoms with Crippen LogP contribution in [-0.2, 0) is 4.79 Å². The van der Waals surface area contributed by atoms with Gasteiger partial charge in [-0.25, -0.2) is 8.78 Å². The Hall–Kier alpha value is -1.56. The maximum atomic E-state index is 14.6. The van der Waals surface area contributed by atoms with E-state index in [-0.39, 0.29) is 17.0 Å². The summed E-state index contributed by atoms with van der Waals surface area (Å²) in [6.45, 7) is 3.45. The van der Waals surface area contributed by atoms with Crippen molar-refractivity contribution in [3.05, 3.63) is 35.6 Å². The van der Waals surface area contributed by atoms with Gasteiger partial charge in [0, 0.05) is 0 Å². The largest absolute Gasteiger partial charge is 0.356 e. The van der Waals surface area contributed by atoms with Crippen LogP contribution in [0.1, 0.15) is 51.1 Å². The molecule has 2 N–H and O–H groups in total. The van der Waals surface area contributed by atoms with Crippen molar-refractivity contribution in [1.82, 2.24) is 10.6 Å². The van der Waals surface area contributed by atoms with E-state index in [2.05, 4.69) is 10.6 Å². The quantitative estimate of drug-likeness (QED) is 0.819. The molecule has 1 aliphatic rings. The molecule has 2 rings (SSSR count). The molecule has 126 valence electrons. The number of thiocarbonyl (C=S) groups is 1. The second-order valence-corrected chi connectivity index (χ2v) is 6.61. The summed E-state index contributed by atoms with van der Waals surface area (Å²) < 4.78 is 27.5. The number of amides is 1. The summed E-state index contributed by atoms with van der Waals surface area (Å²) in [5, 5.41) is 5.67. The summed E-state index contributed by atoms with van der Waals surface area (Å²) in [5.41, 5.74) is -0.587. The highest BCUT2D eigenvalue weighted by molar-refractivity contribution is 7.80. The van der Waals surface area contributed by atoms with Crippen LogP contribution in [-0.4, -0.2) is 16.7 Å². The molecule has 6 heteroatoms. The summed E-state index contributed by atoms with van der Waals surface area (Å²) in [4.78, 5) is 12.2. The van der Waals surface area contributed by atoms with Crippen LogP contribution in [0.4, 0.5) is 8.78 Å². The van der Waals surface area contributed by atoms with E-state index in [1.54, 1.807) is 19.1 Å². The number of benzene rings is 1. The molecule has 1 fully saturated rings. The van der Waals surface area contributed by atoms with Crippen molar-refractivity contribution in [2.75, 3.05) is 0 Å². The molecular weight excluding hydrogens is 318 g/mol. The predicted octanol–water partition coefficient (Wildman–Crippen LogP) is 3.80. The Morgan fingerprint density at radius 3 is 2.35 bits per heavy atom. The summed E-state index contributed by atoms with van der Waals surface area (Å²) in [7, 11) is 0. The van der Waals surface area contributed by atoms with E-state index < -0.39 is 17.5 Å². The van der Waals surface area contributed by atoms with E-state index in [4.69, 9.17) is 12.2 Å². The number of hydrogen-bond acceptors (Lipinski definition) is 2. The first kappa shape index (κ1) is 17.8. The molecule has 0 heterocycles. The van der Waals surface area contributed by atoms with Crippen LogP contribution in [0.25, 0.3) is 0 Å². The average Bonchev–Trinajstić information content (AvgIpc) is 2.94. The molecule has 1 unspecified atom stereocenters. The zero-order chi connectivity index (χ0) is 17.0. The van der Waals surface area contributed by atoms with Gasteiger partial charge in [0.1, 0.15) is 11.5 Å². The lowest BCUT2D eigenvalue weighted by Crippen LogP contribution is -2.47. The highest BCUT2D eigenvalue weighted by Crippen LogP contribution is 2.39. The average molecular weight is 340 g/mol. The lowest BCUT2D eigenvalue weighted by molar-refractivity contribution is -0.127. The minimum atomic E-state index is -1.43. The molecule has 1 aliphatic carbocycles. The van der Waals surface area contributed by atoms with Crippen LogP contribution < -0.4 is 10.6 Å². The van der Waals surface area contributed by atoms with E-state index in [1.165, 1.54) is 12.1 Å². The Balaban J connectivity index is 1.88. The Kier molecular flexibility index (Phi) is 5.68. The highest BCUT2D eigenvalue weighted by Gasteiger charge is 2.42. The zero-order valence-corrected chi connectivity index (χ0v) is 14.2. The van der Waals surface area contributed by atoms with Crippen molar-refractivity contribution >= 4 is 23.2 Å². The van der Waals surface area contributed by atoms with Gasteiger partial charge in [0.15, 0.2) is 5.11 Å². The van der Waals surface area contributed by atoms with E-state index in [0.29, 0.717) is 12.8 Å². The lowest BCUT2D eigenvalue weighted by atomic mass is 9.88. The van der Waals surface area contributed by atoms with E-state index in [9.17, 15) is 13.6 Å². The second-order valence-electron chi connectivity index (χ2n) is 6.20. The molecule has 2 atom stereocenters. The van der Waals surface area contributed by atoms with Crippen LogP contribution in [0.2, 0.25) is 0 Å². The van der Waals surface area contributed by atoms with Gasteiger partial charge in [0.05, 0.1) is 12.0 Å². The first-order chi connectivity index (χ1) is 10.8. The van der Waals surface area contributed by atoms with Crippen molar-refractivity contribution in [3.63, 3.8) is 0 Å². The van der Waals surface area contributed by atoms with Crippen molar-refractivity contribution in [3.8, 4) is 0 Å². The third kappa shape index (κ3) is 4.47. The molecule has 0 radical (unpaired) electrons. The number of carbonyl (C=O) groups is 1. The molecule has 1 amide bonds. The molecule has 0 saturated heterocycles. The summed E-state index contributed by atoms with van der Waals surface area (Å²) in [6.07, 6.45) is 2.48. The molecule has 0 aromatic heterocycles. The summed E-state index contributed by atoms with van der Waals surface area (Å²) in [6, 6.07) is 5.84. The van der Waals surface area contributed by atoms with Crippen molar-refractivity contribution in [2.24, 2.45) is 5.92 Å².